The smallest absolute Gasteiger partial charge is 0.105 e. The predicted octanol–water partition coefficient (Wildman–Crippen LogP) is 2.10. The van der Waals surface area contributed by atoms with Gasteiger partial charge in [-0.25, -0.2) is 0 Å². The molecule has 90 valence electrons. The number of aliphatic hydroxyl groups is 1. The maximum Gasteiger partial charge on any atom is 0.105 e. The van der Waals surface area contributed by atoms with Gasteiger partial charge in [-0.1, -0.05) is 12.8 Å². The highest BCUT2D eigenvalue weighted by Gasteiger charge is 2.24. The largest absolute Gasteiger partial charge is 0.469 e. The van der Waals surface area contributed by atoms with E-state index in [2.05, 4.69) is 12.2 Å². The van der Waals surface area contributed by atoms with E-state index in [-0.39, 0.29) is 12.1 Å². The van der Waals surface area contributed by atoms with Crippen LogP contribution in [0.1, 0.15) is 38.4 Å². The van der Waals surface area contributed by atoms with E-state index in [1.54, 1.807) is 6.26 Å². The van der Waals surface area contributed by atoms with Gasteiger partial charge in [0.1, 0.15) is 5.76 Å². The third-order valence-corrected chi connectivity index (χ3v) is 3.32. The van der Waals surface area contributed by atoms with Crippen molar-refractivity contribution in [3.63, 3.8) is 0 Å². The van der Waals surface area contributed by atoms with Gasteiger partial charge in [-0.2, -0.15) is 0 Å². The molecule has 3 heteroatoms. The first kappa shape index (κ1) is 11.7. The molecule has 0 spiro atoms. The van der Waals surface area contributed by atoms with E-state index in [4.69, 9.17) is 4.42 Å². The molecule has 3 unspecified atom stereocenters. The van der Waals surface area contributed by atoms with Gasteiger partial charge in [0.2, 0.25) is 0 Å². The number of furan rings is 1. The summed E-state index contributed by atoms with van der Waals surface area (Å²) >= 11 is 0. The minimum absolute atomic E-state index is 0.173. The van der Waals surface area contributed by atoms with Crippen molar-refractivity contribution in [2.75, 3.05) is 0 Å². The maximum absolute atomic E-state index is 9.86. The zero-order valence-electron chi connectivity index (χ0n) is 9.86. The average Bonchev–Trinajstić information content (AvgIpc) is 2.74. The van der Waals surface area contributed by atoms with Gasteiger partial charge in [-0.15, -0.1) is 0 Å². The van der Waals surface area contributed by atoms with E-state index in [9.17, 15) is 5.11 Å². The minimum atomic E-state index is -0.173. The molecule has 1 aliphatic carbocycles. The van der Waals surface area contributed by atoms with Crippen LogP contribution in [0.25, 0.3) is 0 Å². The Balaban J connectivity index is 1.79. The maximum atomic E-state index is 9.86. The molecule has 16 heavy (non-hydrogen) atoms. The number of aliphatic hydroxyl groups excluding tert-OH is 1. The van der Waals surface area contributed by atoms with Crippen molar-refractivity contribution < 1.29 is 9.52 Å². The lowest BCUT2D eigenvalue weighted by molar-refractivity contribution is 0.0856. The SMILES string of the molecule is CC(Cc1ccco1)NC1CCCCC1O. The predicted molar refractivity (Wildman–Crippen MR) is 63.3 cm³/mol. The molecule has 1 aromatic rings. The van der Waals surface area contributed by atoms with E-state index < -0.39 is 0 Å². The van der Waals surface area contributed by atoms with Crippen molar-refractivity contribution in [1.82, 2.24) is 5.32 Å². The quantitative estimate of drug-likeness (QED) is 0.821. The fraction of sp³-hybridized carbons (Fsp3) is 0.692. The topological polar surface area (TPSA) is 45.4 Å². The summed E-state index contributed by atoms with van der Waals surface area (Å²) in [5.74, 6) is 1.00. The van der Waals surface area contributed by atoms with E-state index >= 15 is 0 Å². The van der Waals surface area contributed by atoms with Gasteiger partial charge in [0.05, 0.1) is 12.4 Å². The molecule has 0 radical (unpaired) electrons. The van der Waals surface area contributed by atoms with Crippen LogP contribution in [0.4, 0.5) is 0 Å². The first-order chi connectivity index (χ1) is 7.75. The van der Waals surface area contributed by atoms with Crippen LogP contribution in [0.3, 0.4) is 0 Å². The third kappa shape index (κ3) is 3.09. The number of nitrogens with one attached hydrogen (secondary N) is 1. The molecule has 2 rings (SSSR count). The highest BCUT2D eigenvalue weighted by atomic mass is 16.3. The monoisotopic (exact) mass is 223 g/mol. The molecular weight excluding hydrogens is 202 g/mol. The molecule has 1 aromatic heterocycles. The highest BCUT2D eigenvalue weighted by Crippen LogP contribution is 2.19. The van der Waals surface area contributed by atoms with Gasteiger partial charge in [0.25, 0.3) is 0 Å². The molecular formula is C13H21NO2. The van der Waals surface area contributed by atoms with Crippen LogP contribution in [0.5, 0.6) is 0 Å². The number of hydrogen-bond acceptors (Lipinski definition) is 3. The van der Waals surface area contributed by atoms with Crippen LogP contribution < -0.4 is 5.32 Å². The summed E-state index contributed by atoms with van der Waals surface area (Å²) in [6.45, 7) is 2.14. The van der Waals surface area contributed by atoms with Crippen LogP contribution in [-0.2, 0) is 6.42 Å². The lowest BCUT2D eigenvalue weighted by atomic mass is 9.92. The normalized spacial score (nSPS) is 27.9. The Kier molecular flexibility index (Phi) is 4.02. The summed E-state index contributed by atoms with van der Waals surface area (Å²) in [4.78, 5) is 0. The Bertz CT molecular complexity index is 297. The second kappa shape index (κ2) is 5.51. The van der Waals surface area contributed by atoms with Crippen molar-refractivity contribution in [1.29, 1.82) is 0 Å². The molecule has 0 amide bonds. The van der Waals surface area contributed by atoms with Crippen LogP contribution in [0, 0.1) is 0 Å². The molecule has 1 heterocycles. The molecule has 1 fully saturated rings. The fourth-order valence-electron chi connectivity index (χ4n) is 2.46. The molecule has 2 N–H and O–H groups in total. The van der Waals surface area contributed by atoms with Crippen molar-refractivity contribution in [3.05, 3.63) is 24.2 Å². The molecule has 3 atom stereocenters. The molecule has 0 saturated heterocycles. The fourth-order valence-corrected chi connectivity index (χ4v) is 2.46. The first-order valence-electron chi connectivity index (χ1n) is 6.22. The Hall–Kier alpha value is -0.800. The molecule has 0 aromatic carbocycles. The zero-order valence-corrected chi connectivity index (χ0v) is 9.86. The summed E-state index contributed by atoms with van der Waals surface area (Å²) in [5, 5.41) is 13.4. The summed E-state index contributed by atoms with van der Waals surface area (Å²) in [6, 6.07) is 4.52. The van der Waals surface area contributed by atoms with Gasteiger partial charge < -0.3 is 14.8 Å². The van der Waals surface area contributed by atoms with Gasteiger partial charge in [-0.05, 0) is 31.9 Å². The van der Waals surface area contributed by atoms with Crippen LogP contribution in [0.2, 0.25) is 0 Å². The van der Waals surface area contributed by atoms with Crippen LogP contribution >= 0.6 is 0 Å². The first-order valence-corrected chi connectivity index (χ1v) is 6.22. The van der Waals surface area contributed by atoms with Crippen LogP contribution in [-0.4, -0.2) is 23.3 Å². The van der Waals surface area contributed by atoms with Crippen molar-refractivity contribution in [3.8, 4) is 0 Å². The lowest BCUT2D eigenvalue weighted by Crippen LogP contribution is -2.46. The standard InChI is InChI=1S/C13H21NO2/c1-10(9-11-5-4-8-16-11)14-12-6-2-3-7-13(12)15/h4-5,8,10,12-15H,2-3,6-7,9H2,1H3. The van der Waals surface area contributed by atoms with Gasteiger partial charge in [-0.3, -0.25) is 0 Å². The van der Waals surface area contributed by atoms with Gasteiger partial charge >= 0.3 is 0 Å². The molecule has 0 bridgehead atoms. The summed E-state index contributed by atoms with van der Waals surface area (Å²) in [7, 11) is 0. The summed E-state index contributed by atoms with van der Waals surface area (Å²) < 4.78 is 5.32. The second-order valence-electron chi connectivity index (χ2n) is 4.81. The second-order valence-corrected chi connectivity index (χ2v) is 4.81. The Morgan fingerprint density at radius 2 is 2.31 bits per heavy atom. The summed E-state index contributed by atoms with van der Waals surface area (Å²) in [6.07, 6.45) is 6.82. The Morgan fingerprint density at radius 3 is 3.00 bits per heavy atom. The van der Waals surface area contributed by atoms with Gasteiger partial charge in [0, 0.05) is 18.5 Å². The van der Waals surface area contributed by atoms with Crippen LogP contribution in [0.15, 0.2) is 22.8 Å². The molecule has 0 aliphatic heterocycles. The van der Waals surface area contributed by atoms with Crippen molar-refractivity contribution in [2.45, 2.75) is 57.2 Å². The van der Waals surface area contributed by atoms with Gasteiger partial charge in [0.15, 0.2) is 0 Å². The van der Waals surface area contributed by atoms with Crippen molar-refractivity contribution >= 4 is 0 Å². The molecule has 1 aliphatic rings. The van der Waals surface area contributed by atoms with E-state index in [0.717, 1.165) is 31.4 Å². The summed E-state index contributed by atoms with van der Waals surface area (Å²) in [5.41, 5.74) is 0. The van der Waals surface area contributed by atoms with E-state index in [1.165, 1.54) is 6.42 Å². The van der Waals surface area contributed by atoms with E-state index in [0.29, 0.717) is 6.04 Å². The minimum Gasteiger partial charge on any atom is -0.469 e. The Labute approximate surface area is 96.8 Å². The number of hydrogen-bond donors (Lipinski definition) is 2. The Morgan fingerprint density at radius 1 is 1.50 bits per heavy atom. The van der Waals surface area contributed by atoms with E-state index in [1.807, 2.05) is 12.1 Å². The highest BCUT2D eigenvalue weighted by molar-refractivity contribution is 5.00. The zero-order chi connectivity index (χ0) is 11.4. The average molecular weight is 223 g/mol. The molecule has 3 nitrogen and oxygen atoms in total. The number of rotatable bonds is 4. The lowest BCUT2D eigenvalue weighted by Gasteiger charge is -2.31. The molecule has 1 saturated carbocycles. The van der Waals surface area contributed by atoms with Crippen molar-refractivity contribution in [2.24, 2.45) is 0 Å². The third-order valence-electron chi connectivity index (χ3n) is 3.32.